The normalized spacial score (nSPS) is 12.9. The Morgan fingerprint density at radius 1 is 1.44 bits per heavy atom. The second kappa shape index (κ2) is 4.64. The van der Waals surface area contributed by atoms with Crippen LogP contribution in [0.15, 0.2) is 18.2 Å². The maximum absolute atomic E-state index is 10.5. The van der Waals surface area contributed by atoms with Crippen LogP contribution in [0.2, 0.25) is 0 Å². The molecule has 1 atom stereocenters. The summed E-state index contributed by atoms with van der Waals surface area (Å²) in [7, 11) is 0. The van der Waals surface area contributed by atoms with Gasteiger partial charge in [0.25, 0.3) is 0 Å². The summed E-state index contributed by atoms with van der Waals surface area (Å²) >= 11 is -2.41. The van der Waals surface area contributed by atoms with Gasteiger partial charge in [-0.3, -0.25) is 4.21 Å². The van der Waals surface area contributed by atoms with Crippen LogP contribution < -0.4 is 4.72 Å². The molecule has 4 nitrogen and oxygen atoms in total. The summed E-state index contributed by atoms with van der Waals surface area (Å²) in [6.07, 6.45) is 0. The minimum absolute atomic E-state index is 0.0687. The summed E-state index contributed by atoms with van der Waals surface area (Å²) < 4.78 is 23.2. The average molecular weight is 237 g/mol. The molecular formula is C11H13N2O2S-. The van der Waals surface area contributed by atoms with E-state index in [4.69, 9.17) is 5.26 Å². The quantitative estimate of drug-likeness (QED) is 0.800. The van der Waals surface area contributed by atoms with Crippen molar-refractivity contribution in [3.05, 3.63) is 29.3 Å². The molecule has 0 heterocycles. The van der Waals surface area contributed by atoms with Crippen molar-refractivity contribution in [3.8, 4) is 6.07 Å². The van der Waals surface area contributed by atoms with Gasteiger partial charge >= 0.3 is 0 Å². The lowest BCUT2D eigenvalue weighted by Crippen LogP contribution is -2.12. The first-order chi connectivity index (χ1) is 7.34. The topological polar surface area (TPSA) is 75.9 Å². The second-order valence-corrected chi connectivity index (χ2v) is 5.13. The Bertz CT molecular complexity index is 458. The lowest BCUT2D eigenvalue weighted by Gasteiger charge is -2.20. The number of hydrogen-bond donors (Lipinski definition) is 1. The van der Waals surface area contributed by atoms with E-state index in [2.05, 4.69) is 4.72 Å². The molecular weight excluding hydrogens is 224 g/mol. The molecule has 0 amide bonds. The Labute approximate surface area is 97.7 Å². The molecule has 1 unspecified atom stereocenters. The van der Waals surface area contributed by atoms with Crippen molar-refractivity contribution < 1.29 is 8.76 Å². The Kier molecular flexibility index (Phi) is 3.68. The van der Waals surface area contributed by atoms with Crippen LogP contribution in [0, 0.1) is 11.3 Å². The molecule has 1 aromatic carbocycles. The largest absolute Gasteiger partial charge is 0.755 e. The highest BCUT2D eigenvalue weighted by Crippen LogP contribution is 2.26. The second-order valence-electron chi connectivity index (χ2n) is 4.46. The number of benzene rings is 1. The predicted molar refractivity (Wildman–Crippen MR) is 62.4 cm³/mol. The molecule has 0 fully saturated rings. The summed E-state index contributed by atoms with van der Waals surface area (Å²) in [5, 5.41) is 8.93. The number of nitrogens with one attached hydrogen (secondary N) is 1. The van der Waals surface area contributed by atoms with Crippen molar-refractivity contribution in [1.82, 2.24) is 0 Å². The lowest BCUT2D eigenvalue weighted by molar-refractivity contribution is 0.542. The van der Waals surface area contributed by atoms with Crippen molar-refractivity contribution >= 4 is 17.0 Å². The Morgan fingerprint density at radius 2 is 2.06 bits per heavy atom. The number of rotatable bonds is 2. The lowest BCUT2D eigenvalue weighted by atomic mass is 9.86. The van der Waals surface area contributed by atoms with E-state index in [1.807, 2.05) is 32.9 Å². The zero-order valence-electron chi connectivity index (χ0n) is 9.40. The van der Waals surface area contributed by atoms with E-state index in [9.17, 15) is 8.76 Å². The van der Waals surface area contributed by atoms with Gasteiger partial charge in [0.05, 0.1) is 11.3 Å². The minimum atomic E-state index is -2.41. The third-order valence-corrected chi connectivity index (χ3v) is 2.59. The van der Waals surface area contributed by atoms with Gasteiger partial charge in [-0.05, 0) is 23.1 Å². The standard InChI is InChI=1S/C11H14N2O2S/c1-11(2,3)9-4-5-10(13-16(14)15)8(6-9)7-12/h4-6,13H,1-3H3,(H,14,15)/p-1. The molecule has 1 N–H and O–H groups in total. The van der Waals surface area contributed by atoms with Crippen LogP contribution >= 0.6 is 0 Å². The molecule has 1 aromatic rings. The van der Waals surface area contributed by atoms with Gasteiger partial charge in [0, 0.05) is 11.3 Å². The Morgan fingerprint density at radius 3 is 2.50 bits per heavy atom. The van der Waals surface area contributed by atoms with Crippen LogP contribution in [0.4, 0.5) is 5.69 Å². The van der Waals surface area contributed by atoms with Gasteiger partial charge in [0.1, 0.15) is 6.07 Å². The predicted octanol–water partition coefficient (Wildman–Crippen LogP) is 2.06. The van der Waals surface area contributed by atoms with Gasteiger partial charge in [-0.2, -0.15) is 5.26 Å². The third-order valence-electron chi connectivity index (χ3n) is 2.20. The van der Waals surface area contributed by atoms with Crippen molar-refractivity contribution in [2.45, 2.75) is 26.2 Å². The van der Waals surface area contributed by atoms with Crippen LogP contribution in [0.1, 0.15) is 31.9 Å². The van der Waals surface area contributed by atoms with Crippen molar-refractivity contribution in [3.63, 3.8) is 0 Å². The SMILES string of the molecule is CC(C)(C)c1ccc(NS(=O)[O-])c(C#N)c1. The molecule has 0 radical (unpaired) electrons. The van der Waals surface area contributed by atoms with Crippen LogP contribution in [0.5, 0.6) is 0 Å². The van der Waals surface area contributed by atoms with Gasteiger partial charge in [0.15, 0.2) is 0 Å². The monoisotopic (exact) mass is 237 g/mol. The molecule has 0 aromatic heterocycles. The molecule has 0 aliphatic rings. The van der Waals surface area contributed by atoms with Gasteiger partial charge in [-0.15, -0.1) is 0 Å². The number of nitrogens with zero attached hydrogens (tertiary/aromatic N) is 1. The number of nitriles is 1. The van der Waals surface area contributed by atoms with Crippen LogP contribution in [0.3, 0.4) is 0 Å². The zero-order valence-corrected chi connectivity index (χ0v) is 10.2. The summed E-state index contributed by atoms with van der Waals surface area (Å²) in [4.78, 5) is 0. The molecule has 0 spiro atoms. The van der Waals surface area contributed by atoms with E-state index in [1.54, 1.807) is 12.1 Å². The summed E-state index contributed by atoms with van der Waals surface area (Å²) in [5.74, 6) is 0. The number of anilines is 1. The van der Waals surface area contributed by atoms with Crippen LogP contribution in [-0.4, -0.2) is 8.76 Å². The zero-order chi connectivity index (χ0) is 12.3. The fraction of sp³-hybridized carbons (Fsp3) is 0.364. The van der Waals surface area contributed by atoms with Crippen molar-refractivity contribution in [2.24, 2.45) is 0 Å². The highest BCUT2D eigenvalue weighted by Gasteiger charge is 2.15. The highest BCUT2D eigenvalue weighted by molar-refractivity contribution is 7.80. The maximum atomic E-state index is 10.5. The molecule has 1 rings (SSSR count). The molecule has 0 saturated heterocycles. The van der Waals surface area contributed by atoms with Crippen molar-refractivity contribution in [1.29, 1.82) is 5.26 Å². The molecule has 0 aliphatic carbocycles. The first-order valence-electron chi connectivity index (χ1n) is 4.75. The maximum Gasteiger partial charge on any atom is 0.101 e. The third kappa shape index (κ3) is 3.05. The van der Waals surface area contributed by atoms with E-state index in [-0.39, 0.29) is 5.41 Å². The first-order valence-corrected chi connectivity index (χ1v) is 5.82. The summed E-state index contributed by atoms with van der Waals surface area (Å²) in [6.45, 7) is 6.09. The molecule has 0 saturated carbocycles. The first kappa shape index (κ1) is 12.7. The average Bonchev–Trinajstić information content (AvgIpc) is 2.15. The van der Waals surface area contributed by atoms with Gasteiger partial charge in [-0.25, -0.2) is 0 Å². The van der Waals surface area contributed by atoms with E-state index >= 15 is 0 Å². The van der Waals surface area contributed by atoms with E-state index < -0.39 is 11.3 Å². The van der Waals surface area contributed by atoms with Gasteiger partial charge in [0.2, 0.25) is 0 Å². The van der Waals surface area contributed by atoms with Gasteiger partial charge in [-0.1, -0.05) is 26.8 Å². The van der Waals surface area contributed by atoms with E-state index in [0.717, 1.165) is 5.56 Å². The van der Waals surface area contributed by atoms with Crippen LogP contribution in [0.25, 0.3) is 0 Å². The molecule has 5 heteroatoms. The molecule has 86 valence electrons. The van der Waals surface area contributed by atoms with E-state index in [1.165, 1.54) is 0 Å². The van der Waals surface area contributed by atoms with Crippen LogP contribution in [-0.2, 0) is 16.7 Å². The Balaban J connectivity index is 3.18. The Hall–Kier alpha value is -1.38. The molecule has 0 bridgehead atoms. The fourth-order valence-corrected chi connectivity index (χ4v) is 1.64. The van der Waals surface area contributed by atoms with Gasteiger partial charge < -0.3 is 9.27 Å². The minimum Gasteiger partial charge on any atom is -0.755 e. The fourth-order valence-electron chi connectivity index (χ4n) is 1.28. The number of hydrogen-bond acceptors (Lipinski definition) is 3. The molecule has 0 aliphatic heterocycles. The molecule has 16 heavy (non-hydrogen) atoms. The van der Waals surface area contributed by atoms with E-state index in [0.29, 0.717) is 11.3 Å². The summed E-state index contributed by atoms with van der Waals surface area (Å²) in [5.41, 5.74) is 1.56. The van der Waals surface area contributed by atoms with Crippen molar-refractivity contribution in [2.75, 3.05) is 4.72 Å². The summed E-state index contributed by atoms with van der Waals surface area (Å²) in [6, 6.07) is 7.10. The highest BCUT2D eigenvalue weighted by atomic mass is 32.2. The smallest absolute Gasteiger partial charge is 0.101 e.